The molecule has 0 aliphatic rings. The number of aromatic nitrogens is 3. The van der Waals surface area contributed by atoms with Crippen LogP contribution in [0.5, 0.6) is 0 Å². The summed E-state index contributed by atoms with van der Waals surface area (Å²) in [6.45, 7) is 1.80. The number of ketones is 1. The van der Waals surface area contributed by atoms with Crippen molar-refractivity contribution in [1.82, 2.24) is 14.8 Å². The van der Waals surface area contributed by atoms with Gasteiger partial charge in [-0.05, 0) is 43.3 Å². The second kappa shape index (κ2) is 7.37. The maximum Gasteiger partial charge on any atom is 0.191 e. The van der Waals surface area contributed by atoms with Crippen molar-refractivity contribution in [3.8, 4) is 11.4 Å². The van der Waals surface area contributed by atoms with Gasteiger partial charge in [0.25, 0.3) is 0 Å². The molecule has 1 aromatic heterocycles. The number of benzene rings is 2. The highest BCUT2D eigenvalue weighted by Gasteiger charge is 2.21. The van der Waals surface area contributed by atoms with E-state index in [1.165, 1.54) is 17.8 Å². The molecule has 7 heteroatoms. The summed E-state index contributed by atoms with van der Waals surface area (Å²) in [7, 11) is 1.75. The third-order valence-electron chi connectivity index (χ3n) is 3.73. The van der Waals surface area contributed by atoms with Gasteiger partial charge in [-0.15, -0.1) is 10.2 Å². The Morgan fingerprint density at radius 1 is 1.16 bits per heavy atom. The average molecular weight is 376 g/mol. The molecule has 25 heavy (non-hydrogen) atoms. The molecule has 0 aliphatic heterocycles. The Morgan fingerprint density at radius 3 is 2.52 bits per heavy atom. The van der Waals surface area contributed by atoms with Crippen LogP contribution in [0.2, 0.25) is 5.02 Å². The Balaban J connectivity index is 1.81. The maximum absolute atomic E-state index is 14.0. The number of nitrogens with zero attached hydrogens (tertiary/aromatic N) is 3. The molecule has 128 valence electrons. The Morgan fingerprint density at radius 2 is 1.84 bits per heavy atom. The monoisotopic (exact) mass is 375 g/mol. The Hall–Kier alpha value is -2.18. The predicted molar refractivity (Wildman–Crippen MR) is 97.5 cm³/mol. The molecule has 0 bridgehead atoms. The van der Waals surface area contributed by atoms with Gasteiger partial charge in [-0.1, -0.05) is 35.5 Å². The van der Waals surface area contributed by atoms with Crippen LogP contribution in [0.3, 0.4) is 0 Å². The number of thioether (sulfide) groups is 1. The molecule has 0 spiro atoms. The minimum atomic E-state index is -0.363. The fourth-order valence-corrected chi connectivity index (χ4v) is 3.37. The van der Waals surface area contributed by atoms with Crippen LogP contribution in [0.15, 0.2) is 53.7 Å². The topological polar surface area (TPSA) is 47.8 Å². The number of carbonyl (C=O) groups excluding carboxylic acids is 1. The van der Waals surface area contributed by atoms with E-state index < -0.39 is 0 Å². The van der Waals surface area contributed by atoms with Gasteiger partial charge in [0.15, 0.2) is 16.8 Å². The zero-order valence-corrected chi connectivity index (χ0v) is 15.2. The molecule has 3 rings (SSSR count). The molecule has 0 amide bonds. The number of hydrogen-bond acceptors (Lipinski definition) is 4. The summed E-state index contributed by atoms with van der Waals surface area (Å²) < 4.78 is 15.6. The van der Waals surface area contributed by atoms with Crippen molar-refractivity contribution in [1.29, 1.82) is 0 Å². The molecule has 0 fully saturated rings. The summed E-state index contributed by atoms with van der Waals surface area (Å²) in [5.41, 5.74) is 0.960. The van der Waals surface area contributed by atoms with Crippen LogP contribution in [-0.2, 0) is 7.05 Å². The molecule has 0 saturated heterocycles. The van der Waals surface area contributed by atoms with Crippen molar-refractivity contribution in [2.24, 2.45) is 7.05 Å². The fourth-order valence-electron chi connectivity index (χ4n) is 2.36. The van der Waals surface area contributed by atoms with Crippen molar-refractivity contribution in [3.05, 3.63) is 64.9 Å². The first-order chi connectivity index (χ1) is 12.0. The van der Waals surface area contributed by atoms with E-state index in [0.29, 0.717) is 27.1 Å². The number of halogens is 2. The lowest BCUT2D eigenvalue weighted by Gasteiger charge is -2.10. The third-order valence-corrected chi connectivity index (χ3v) is 5.12. The lowest BCUT2D eigenvalue weighted by molar-refractivity contribution is 0.0994. The first kappa shape index (κ1) is 17.6. The first-order valence-electron chi connectivity index (χ1n) is 7.58. The van der Waals surface area contributed by atoms with Crippen molar-refractivity contribution in [3.63, 3.8) is 0 Å². The summed E-state index contributed by atoms with van der Waals surface area (Å²) in [6, 6.07) is 13.2. The molecule has 0 N–H and O–H groups in total. The minimum absolute atomic E-state index is 0.0305. The van der Waals surface area contributed by atoms with E-state index in [2.05, 4.69) is 10.2 Å². The van der Waals surface area contributed by atoms with Crippen LogP contribution >= 0.6 is 23.4 Å². The van der Waals surface area contributed by atoms with E-state index in [1.807, 2.05) is 0 Å². The van der Waals surface area contributed by atoms with Gasteiger partial charge in [-0.2, -0.15) is 0 Å². The first-order valence-corrected chi connectivity index (χ1v) is 8.84. The van der Waals surface area contributed by atoms with Gasteiger partial charge < -0.3 is 4.57 Å². The second-order valence-electron chi connectivity index (χ2n) is 5.48. The summed E-state index contributed by atoms with van der Waals surface area (Å²) in [4.78, 5) is 12.5. The summed E-state index contributed by atoms with van der Waals surface area (Å²) in [5.74, 6) is 0.0312. The standard InChI is InChI=1S/C18H15ClFN3OS/c1-11(16(24)12-7-9-13(19)10-8-12)25-18-22-21-17(23(18)2)14-5-3-4-6-15(14)20/h3-11H,1-2H3. The average Bonchev–Trinajstić information content (AvgIpc) is 2.96. The molecule has 4 nitrogen and oxygen atoms in total. The Bertz CT molecular complexity index is 911. The van der Waals surface area contributed by atoms with Crippen molar-refractivity contribution in [2.75, 3.05) is 0 Å². The summed E-state index contributed by atoms with van der Waals surface area (Å²) in [6.07, 6.45) is 0. The number of carbonyl (C=O) groups is 1. The second-order valence-corrected chi connectivity index (χ2v) is 7.22. The van der Waals surface area contributed by atoms with Crippen LogP contribution in [0.4, 0.5) is 4.39 Å². The molecule has 0 aliphatic carbocycles. The zero-order valence-electron chi connectivity index (χ0n) is 13.6. The molecular formula is C18H15ClFN3OS. The van der Waals surface area contributed by atoms with E-state index in [0.717, 1.165) is 0 Å². The third kappa shape index (κ3) is 3.75. The van der Waals surface area contributed by atoms with Gasteiger partial charge in [-0.3, -0.25) is 4.79 Å². The molecule has 2 aromatic carbocycles. The highest BCUT2D eigenvalue weighted by Crippen LogP contribution is 2.28. The number of Topliss-reactive ketones (excluding diaryl/α,β-unsaturated/α-hetero) is 1. The largest absolute Gasteiger partial charge is 0.305 e. The van der Waals surface area contributed by atoms with Crippen molar-refractivity contribution >= 4 is 29.1 Å². The Kier molecular flexibility index (Phi) is 5.20. The van der Waals surface area contributed by atoms with Gasteiger partial charge in [0.05, 0.1) is 10.8 Å². The fraction of sp³-hybridized carbons (Fsp3) is 0.167. The van der Waals surface area contributed by atoms with Gasteiger partial charge in [0.1, 0.15) is 5.82 Å². The van der Waals surface area contributed by atoms with Gasteiger partial charge in [-0.25, -0.2) is 4.39 Å². The molecular weight excluding hydrogens is 361 g/mol. The normalized spacial score (nSPS) is 12.2. The summed E-state index contributed by atoms with van der Waals surface area (Å²) >= 11 is 7.13. The van der Waals surface area contributed by atoms with Gasteiger partial charge in [0.2, 0.25) is 0 Å². The summed E-state index contributed by atoms with van der Waals surface area (Å²) in [5, 5.41) is 8.94. The SMILES string of the molecule is CC(Sc1nnc(-c2ccccc2F)n1C)C(=O)c1ccc(Cl)cc1. The minimum Gasteiger partial charge on any atom is -0.305 e. The van der Waals surface area contributed by atoms with Crippen LogP contribution < -0.4 is 0 Å². The molecule has 3 aromatic rings. The highest BCUT2D eigenvalue weighted by atomic mass is 35.5. The lowest BCUT2D eigenvalue weighted by atomic mass is 10.1. The van der Waals surface area contributed by atoms with Crippen molar-refractivity contribution < 1.29 is 9.18 Å². The van der Waals surface area contributed by atoms with Crippen LogP contribution in [0.25, 0.3) is 11.4 Å². The van der Waals surface area contributed by atoms with E-state index in [-0.39, 0.29) is 16.9 Å². The lowest BCUT2D eigenvalue weighted by Crippen LogP contribution is -2.14. The molecule has 1 unspecified atom stereocenters. The van der Waals surface area contributed by atoms with E-state index >= 15 is 0 Å². The highest BCUT2D eigenvalue weighted by molar-refractivity contribution is 8.00. The number of hydrogen-bond donors (Lipinski definition) is 0. The van der Waals surface area contributed by atoms with E-state index in [4.69, 9.17) is 11.6 Å². The Labute approximate surface area is 154 Å². The molecule has 0 saturated carbocycles. The predicted octanol–water partition coefficient (Wildman–Crippen LogP) is 4.64. The van der Waals surface area contributed by atoms with Crippen LogP contribution in [0, 0.1) is 5.82 Å². The zero-order chi connectivity index (χ0) is 18.0. The van der Waals surface area contributed by atoms with Crippen molar-refractivity contribution in [2.45, 2.75) is 17.3 Å². The number of rotatable bonds is 5. The van der Waals surface area contributed by atoms with E-state index in [1.54, 1.807) is 61.0 Å². The molecule has 1 heterocycles. The smallest absolute Gasteiger partial charge is 0.191 e. The quantitative estimate of drug-likeness (QED) is 0.481. The van der Waals surface area contributed by atoms with Gasteiger partial charge in [0, 0.05) is 17.6 Å². The maximum atomic E-state index is 14.0. The van der Waals surface area contributed by atoms with Crippen LogP contribution in [0.1, 0.15) is 17.3 Å². The van der Waals surface area contributed by atoms with Gasteiger partial charge >= 0.3 is 0 Å². The molecule has 1 atom stereocenters. The molecule has 0 radical (unpaired) electrons. The van der Waals surface area contributed by atoms with Crippen LogP contribution in [-0.4, -0.2) is 25.8 Å². The van der Waals surface area contributed by atoms with E-state index in [9.17, 15) is 9.18 Å².